The van der Waals surface area contributed by atoms with E-state index in [1.807, 2.05) is 0 Å². The van der Waals surface area contributed by atoms with Crippen LogP contribution in [0.15, 0.2) is 18.2 Å². The van der Waals surface area contributed by atoms with Gasteiger partial charge in [-0.3, -0.25) is 0 Å². The number of carbonyl (C=O) groups is 1. The van der Waals surface area contributed by atoms with Crippen molar-refractivity contribution in [2.24, 2.45) is 5.92 Å². The summed E-state index contributed by atoms with van der Waals surface area (Å²) in [6.45, 7) is 0.402. The maximum Gasteiger partial charge on any atom is 0.407 e. The van der Waals surface area contributed by atoms with E-state index in [4.69, 9.17) is 26.7 Å². The van der Waals surface area contributed by atoms with Crippen LogP contribution in [0.1, 0.15) is 24.8 Å². The van der Waals surface area contributed by atoms with Crippen molar-refractivity contribution >= 4 is 17.7 Å². The van der Waals surface area contributed by atoms with E-state index < -0.39 is 6.09 Å². The van der Waals surface area contributed by atoms with Crippen LogP contribution >= 0.6 is 11.6 Å². The third-order valence-electron chi connectivity index (χ3n) is 3.57. The van der Waals surface area contributed by atoms with Crippen molar-refractivity contribution in [1.29, 1.82) is 5.26 Å². The van der Waals surface area contributed by atoms with Gasteiger partial charge in [-0.2, -0.15) is 5.26 Å². The second kappa shape index (κ2) is 6.68. The van der Waals surface area contributed by atoms with Gasteiger partial charge in [-0.25, -0.2) is 4.79 Å². The van der Waals surface area contributed by atoms with Crippen LogP contribution in [0, 0.1) is 17.2 Å². The number of halogens is 1. The third kappa shape index (κ3) is 4.27. The molecule has 0 spiro atoms. The van der Waals surface area contributed by atoms with Crippen molar-refractivity contribution in [3.63, 3.8) is 0 Å². The number of carboxylic acid groups (broad SMARTS) is 1. The van der Waals surface area contributed by atoms with Crippen molar-refractivity contribution in [3.05, 3.63) is 28.8 Å². The first-order valence-electron chi connectivity index (χ1n) is 6.81. The Labute approximate surface area is 128 Å². The van der Waals surface area contributed by atoms with Crippen molar-refractivity contribution in [3.8, 4) is 11.8 Å². The highest BCUT2D eigenvalue weighted by atomic mass is 35.5. The Morgan fingerprint density at radius 2 is 2.33 bits per heavy atom. The maximum atomic E-state index is 10.8. The van der Waals surface area contributed by atoms with Gasteiger partial charge in [0.25, 0.3) is 0 Å². The number of hydrogen-bond acceptors (Lipinski definition) is 3. The van der Waals surface area contributed by atoms with Gasteiger partial charge in [0.1, 0.15) is 17.9 Å². The Morgan fingerprint density at radius 1 is 1.62 bits per heavy atom. The number of ether oxygens (including phenoxy) is 1. The predicted octanol–water partition coefficient (Wildman–Crippen LogP) is 3.37. The van der Waals surface area contributed by atoms with E-state index >= 15 is 0 Å². The van der Waals surface area contributed by atoms with Crippen LogP contribution in [0.25, 0.3) is 0 Å². The molecule has 5 nitrogen and oxygen atoms in total. The molecule has 0 aromatic heterocycles. The standard InChI is InChI=1S/C15H17ClN2O3/c1-18(15(19)20)7-6-13(10-2-3-10)21-14-8-12(16)5-4-11(14)9-17/h4-5,8,10,13H,2-3,6-7H2,1H3,(H,19,20). The third-order valence-corrected chi connectivity index (χ3v) is 3.80. The number of rotatable bonds is 6. The first-order chi connectivity index (χ1) is 10.0. The number of amides is 1. The fourth-order valence-corrected chi connectivity index (χ4v) is 2.29. The summed E-state index contributed by atoms with van der Waals surface area (Å²) >= 11 is 5.95. The molecule has 1 unspecified atom stereocenters. The molecule has 1 saturated carbocycles. The molecule has 0 aliphatic heterocycles. The molecular formula is C15H17ClN2O3. The average molecular weight is 309 g/mol. The molecule has 112 valence electrons. The Hall–Kier alpha value is -1.93. The normalized spacial score (nSPS) is 15.1. The van der Waals surface area contributed by atoms with E-state index in [1.165, 1.54) is 11.9 Å². The van der Waals surface area contributed by atoms with Gasteiger partial charge in [0.2, 0.25) is 0 Å². The van der Waals surface area contributed by atoms with Gasteiger partial charge in [-0.05, 0) is 30.9 Å². The maximum absolute atomic E-state index is 10.8. The van der Waals surface area contributed by atoms with Gasteiger partial charge >= 0.3 is 6.09 Å². The van der Waals surface area contributed by atoms with Crippen LogP contribution in [0.2, 0.25) is 5.02 Å². The SMILES string of the molecule is CN(CCC(Oc1cc(Cl)ccc1C#N)C1CC1)C(=O)O. The Morgan fingerprint density at radius 3 is 2.90 bits per heavy atom. The van der Waals surface area contributed by atoms with Crippen molar-refractivity contribution in [1.82, 2.24) is 4.90 Å². The molecule has 0 heterocycles. The highest BCUT2D eigenvalue weighted by Gasteiger charge is 2.33. The lowest BCUT2D eigenvalue weighted by Gasteiger charge is -2.22. The molecule has 6 heteroatoms. The minimum Gasteiger partial charge on any atom is -0.489 e. The molecule has 1 amide bonds. The van der Waals surface area contributed by atoms with Gasteiger partial charge in [-0.15, -0.1) is 0 Å². The second-order valence-electron chi connectivity index (χ2n) is 5.24. The second-order valence-corrected chi connectivity index (χ2v) is 5.68. The van der Waals surface area contributed by atoms with E-state index in [0.717, 1.165) is 12.8 Å². The fraction of sp³-hybridized carbons (Fsp3) is 0.467. The van der Waals surface area contributed by atoms with E-state index in [-0.39, 0.29) is 6.10 Å². The number of nitriles is 1. The first-order valence-corrected chi connectivity index (χ1v) is 7.19. The number of nitrogens with zero attached hydrogens (tertiary/aromatic N) is 2. The molecular weight excluding hydrogens is 292 g/mol. The van der Waals surface area contributed by atoms with Crippen LogP contribution in [-0.2, 0) is 0 Å². The summed E-state index contributed by atoms with van der Waals surface area (Å²) in [6.07, 6.45) is 1.71. The van der Waals surface area contributed by atoms with E-state index in [9.17, 15) is 4.79 Å². The molecule has 0 radical (unpaired) electrons. The van der Waals surface area contributed by atoms with Crippen LogP contribution in [0.5, 0.6) is 5.75 Å². The summed E-state index contributed by atoms with van der Waals surface area (Å²) in [5.41, 5.74) is 0.441. The molecule has 21 heavy (non-hydrogen) atoms. The lowest BCUT2D eigenvalue weighted by Crippen LogP contribution is -2.31. The summed E-state index contributed by atoms with van der Waals surface area (Å²) in [7, 11) is 1.53. The minimum absolute atomic E-state index is 0.0858. The molecule has 0 saturated heterocycles. The molecule has 1 aliphatic carbocycles. The summed E-state index contributed by atoms with van der Waals surface area (Å²) in [6, 6.07) is 7.00. The smallest absolute Gasteiger partial charge is 0.407 e. The minimum atomic E-state index is -0.954. The van der Waals surface area contributed by atoms with Gasteiger partial charge in [0, 0.05) is 31.1 Å². The van der Waals surface area contributed by atoms with Crippen LogP contribution in [0.4, 0.5) is 4.79 Å². The van der Waals surface area contributed by atoms with Crippen LogP contribution < -0.4 is 4.74 Å². The molecule has 1 aliphatic rings. The molecule has 2 rings (SSSR count). The first kappa shape index (κ1) is 15.5. The zero-order valence-corrected chi connectivity index (χ0v) is 12.5. The summed E-state index contributed by atoms with van der Waals surface area (Å²) in [5.74, 6) is 0.901. The molecule has 1 aromatic carbocycles. The van der Waals surface area contributed by atoms with Crippen molar-refractivity contribution < 1.29 is 14.6 Å². The molecule has 1 N–H and O–H groups in total. The van der Waals surface area contributed by atoms with E-state index in [0.29, 0.717) is 35.2 Å². The van der Waals surface area contributed by atoms with E-state index in [2.05, 4.69) is 6.07 Å². The largest absolute Gasteiger partial charge is 0.489 e. The Bertz CT molecular complexity index is 567. The molecule has 1 atom stereocenters. The van der Waals surface area contributed by atoms with Crippen molar-refractivity contribution in [2.45, 2.75) is 25.4 Å². The number of hydrogen-bond donors (Lipinski definition) is 1. The monoisotopic (exact) mass is 308 g/mol. The lowest BCUT2D eigenvalue weighted by molar-refractivity contribution is 0.131. The van der Waals surface area contributed by atoms with E-state index in [1.54, 1.807) is 18.2 Å². The molecule has 1 fully saturated rings. The van der Waals surface area contributed by atoms with Crippen LogP contribution in [-0.4, -0.2) is 35.8 Å². The predicted molar refractivity (Wildman–Crippen MR) is 78.6 cm³/mol. The van der Waals surface area contributed by atoms with Crippen molar-refractivity contribution in [2.75, 3.05) is 13.6 Å². The summed E-state index contributed by atoms with van der Waals surface area (Å²) in [4.78, 5) is 12.1. The van der Waals surface area contributed by atoms with Gasteiger partial charge in [0.05, 0.1) is 5.56 Å². The quantitative estimate of drug-likeness (QED) is 0.874. The zero-order chi connectivity index (χ0) is 15.4. The highest BCUT2D eigenvalue weighted by molar-refractivity contribution is 6.30. The molecule has 1 aromatic rings. The van der Waals surface area contributed by atoms with Gasteiger partial charge in [0.15, 0.2) is 0 Å². The number of benzene rings is 1. The highest BCUT2D eigenvalue weighted by Crippen LogP contribution is 2.37. The Kier molecular flexibility index (Phi) is 4.92. The Balaban J connectivity index is 2.05. The van der Waals surface area contributed by atoms with Crippen LogP contribution in [0.3, 0.4) is 0 Å². The zero-order valence-electron chi connectivity index (χ0n) is 11.8. The van der Waals surface area contributed by atoms with Gasteiger partial charge in [-0.1, -0.05) is 11.6 Å². The van der Waals surface area contributed by atoms with Gasteiger partial charge < -0.3 is 14.7 Å². The average Bonchev–Trinajstić information content (AvgIpc) is 3.27. The fourth-order valence-electron chi connectivity index (χ4n) is 2.12. The molecule has 0 bridgehead atoms. The topological polar surface area (TPSA) is 73.6 Å². The lowest BCUT2D eigenvalue weighted by atomic mass is 10.1. The summed E-state index contributed by atoms with van der Waals surface area (Å²) < 4.78 is 5.94. The summed E-state index contributed by atoms with van der Waals surface area (Å²) in [5, 5.41) is 18.5.